The van der Waals surface area contributed by atoms with Crippen LogP contribution < -0.4 is 4.90 Å². The summed E-state index contributed by atoms with van der Waals surface area (Å²) in [5.41, 5.74) is 2.50. The van der Waals surface area contributed by atoms with Crippen molar-refractivity contribution in [3.8, 4) is 12.1 Å². The molecular formula is C21H21N3S2. The molecule has 0 amide bonds. The highest BCUT2D eigenvalue weighted by molar-refractivity contribution is 7.30. The molecule has 0 radical (unpaired) electrons. The molecule has 2 heterocycles. The molecule has 3 nitrogen and oxygen atoms in total. The standard InChI is InChI=1S/C21H21N3S2/c1-4-24(5-2)21-11-20-19(26-21)10-17(25-20)9-16(13-23)18-7-6-15(12-22)8-14(18)3/h6-7,9-11,14H,4-5,8H2,1-3H3/b16-9+. The molecule has 0 saturated carbocycles. The molecule has 2 aromatic rings. The Kier molecular flexibility index (Phi) is 5.61. The molecule has 0 bridgehead atoms. The highest BCUT2D eigenvalue weighted by atomic mass is 32.1. The van der Waals surface area contributed by atoms with Crippen LogP contribution in [0.15, 0.2) is 41.0 Å². The molecule has 0 aromatic carbocycles. The van der Waals surface area contributed by atoms with E-state index in [2.05, 4.69) is 49.9 Å². The normalized spacial score (nSPS) is 17.4. The predicted octanol–water partition coefficient (Wildman–Crippen LogP) is 6.13. The van der Waals surface area contributed by atoms with Gasteiger partial charge >= 0.3 is 0 Å². The summed E-state index contributed by atoms with van der Waals surface area (Å²) in [6.07, 6.45) is 6.45. The second-order valence-electron chi connectivity index (χ2n) is 6.33. The van der Waals surface area contributed by atoms with Gasteiger partial charge in [-0.2, -0.15) is 10.5 Å². The van der Waals surface area contributed by atoms with E-state index in [1.807, 2.05) is 29.6 Å². The van der Waals surface area contributed by atoms with Gasteiger partial charge in [-0.1, -0.05) is 13.0 Å². The Morgan fingerprint density at radius 2 is 1.92 bits per heavy atom. The average molecular weight is 380 g/mol. The number of nitrogens with zero attached hydrogens (tertiary/aromatic N) is 3. The van der Waals surface area contributed by atoms with E-state index in [1.165, 1.54) is 14.4 Å². The molecule has 1 aliphatic carbocycles. The van der Waals surface area contributed by atoms with Crippen molar-refractivity contribution >= 4 is 43.2 Å². The van der Waals surface area contributed by atoms with Gasteiger partial charge in [0.1, 0.15) is 0 Å². The van der Waals surface area contributed by atoms with E-state index < -0.39 is 0 Å². The van der Waals surface area contributed by atoms with Crippen LogP contribution in [0.25, 0.3) is 15.5 Å². The molecule has 0 N–H and O–H groups in total. The summed E-state index contributed by atoms with van der Waals surface area (Å²) in [4.78, 5) is 3.47. The van der Waals surface area contributed by atoms with E-state index in [1.54, 1.807) is 11.3 Å². The van der Waals surface area contributed by atoms with Gasteiger partial charge < -0.3 is 4.90 Å². The van der Waals surface area contributed by atoms with E-state index in [0.29, 0.717) is 12.0 Å². The molecule has 0 fully saturated rings. The van der Waals surface area contributed by atoms with Gasteiger partial charge in [0.2, 0.25) is 0 Å². The molecule has 2 aromatic heterocycles. The first-order chi connectivity index (χ1) is 12.6. The van der Waals surface area contributed by atoms with E-state index in [9.17, 15) is 5.26 Å². The van der Waals surface area contributed by atoms with Crippen molar-refractivity contribution in [2.24, 2.45) is 5.92 Å². The fraction of sp³-hybridized carbons (Fsp3) is 0.333. The summed E-state index contributed by atoms with van der Waals surface area (Å²) in [5, 5.41) is 20.0. The van der Waals surface area contributed by atoms with Gasteiger partial charge in [0.15, 0.2) is 0 Å². The first-order valence-electron chi connectivity index (χ1n) is 8.80. The van der Waals surface area contributed by atoms with Crippen LogP contribution in [0.3, 0.4) is 0 Å². The third-order valence-corrected chi connectivity index (χ3v) is 6.97. The molecule has 1 atom stereocenters. The van der Waals surface area contributed by atoms with Crippen molar-refractivity contribution in [1.82, 2.24) is 0 Å². The number of anilines is 1. The third kappa shape index (κ3) is 3.60. The molecule has 26 heavy (non-hydrogen) atoms. The van der Waals surface area contributed by atoms with Gasteiger partial charge in [-0.05, 0) is 56.0 Å². The largest absolute Gasteiger partial charge is 0.364 e. The lowest BCUT2D eigenvalue weighted by atomic mass is 9.85. The van der Waals surface area contributed by atoms with Crippen molar-refractivity contribution in [2.75, 3.05) is 18.0 Å². The molecular weight excluding hydrogens is 358 g/mol. The minimum absolute atomic E-state index is 0.191. The third-order valence-electron chi connectivity index (χ3n) is 4.67. The molecule has 0 saturated heterocycles. The first-order valence-corrected chi connectivity index (χ1v) is 10.4. The molecule has 1 aliphatic rings. The zero-order valence-electron chi connectivity index (χ0n) is 15.2. The summed E-state index contributed by atoms with van der Waals surface area (Å²) in [6, 6.07) is 9.00. The van der Waals surface area contributed by atoms with Gasteiger partial charge in [-0.25, -0.2) is 0 Å². The number of rotatable bonds is 5. The molecule has 3 rings (SSSR count). The summed E-state index contributed by atoms with van der Waals surface area (Å²) >= 11 is 3.55. The maximum absolute atomic E-state index is 9.64. The fourth-order valence-electron chi connectivity index (χ4n) is 3.23. The van der Waals surface area contributed by atoms with Crippen LogP contribution in [0.2, 0.25) is 0 Å². The maximum Gasteiger partial charge on any atom is 0.0995 e. The van der Waals surface area contributed by atoms with E-state index in [0.717, 1.165) is 29.1 Å². The summed E-state index contributed by atoms with van der Waals surface area (Å²) in [5.74, 6) is 0.191. The van der Waals surface area contributed by atoms with Gasteiger partial charge in [-0.15, -0.1) is 22.7 Å². The zero-order valence-corrected chi connectivity index (χ0v) is 16.9. The topological polar surface area (TPSA) is 50.8 Å². The second-order valence-corrected chi connectivity index (χ2v) is 8.51. The Morgan fingerprint density at radius 1 is 1.19 bits per heavy atom. The fourth-order valence-corrected chi connectivity index (χ4v) is 5.70. The van der Waals surface area contributed by atoms with Crippen LogP contribution >= 0.6 is 22.7 Å². The highest BCUT2D eigenvalue weighted by Crippen LogP contribution is 2.39. The van der Waals surface area contributed by atoms with Gasteiger partial charge in [0.05, 0.1) is 22.7 Å². The first kappa shape index (κ1) is 18.5. The lowest BCUT2D eigenvalue weighted by Gasteiger charge is -2.18. The van der Waals surface area contributed by atoms with Gasteiger partial charge in [0.25, 0.3) is 0 Å². The second kappa shape index (κ2) is 7.91. The molecule has 0 spiro atoms. The minimum atomic E-state index is 0.191. The summed E-state index contributed by atoms with van der Waals surface area (Å²) in [6.45, 7) is 8.45. The monoisotopic (exact) mass is 379 g/mol. The highest BCUT2D eigenvalue weighted by Gasteiger charge is 2.19. The smallest absolute Gasteiger partial charge is 0.0995 e. The van der Waals surface area contributed by atoms with Crippen molar-refractivity contribution in [2.45, 2.75) is 27.2 Å². The van der Waals surface area contributed by atoms with E-state index in [4.69, 9.17) is 5.26 Å². The van der Waals surface area contributed by atoms with Crippen LogP contribution in [0.1, 0.15) is 32.1 Å². The number of nitriles is 2. The minimum Gasteiger partial charge on any atom is -0.364 e. The molecule has 132 valence electrons. The van der Waals surface area contributed by atoms with Crippen LogP contribution in [0.5, 0.6) is 0 Å². The van der Waals surface area contributed by atoms with Crippen molar-refractivity contribution in [3.05, 3.63) is 45.9 Å². The molecule has 1 unspecified atom stereocenters. The Bertz CT molecular complexity index is 953. The quantitative estimate of drug-likeness (QED) is 0.587. The van der Waals surface area contributed by atoms with Crippen molar-refractivity contribution < 1.29 is 0 Å². The van der Waals surface area contributed by atoms with Gasteiger partial charge in [-0.3, -0.25) is 0 Å². The Balaban J connectivity index is 1.92. The van der Waals surface area contributed by atoms with Crippen LogP contribution in [0, 0.1) is 28.6 Å². The Morgan fingerprint density at radius 3 is 2.50 bits per heavy atom. The number of hydrogen-bond acceptors (Lipinski definition) is 5. The van der Waals surface area contributed by atoms with Crippen molar-refractivity contribution in [1.29, 1.82) is 10.5 Å². The van der Waals surface area contributed by atoms with E-state index >= 15 is 0 Å². The number of allylic oxidation sites excluding steroid dienone is 5. The van der Waals surface area contributed by atoms with Crippen LogP contribution in [0.4, 0.5) is 5.00 Å². The Hall–Kier alpha value is -2.34. The maximum atomic E-state index is 9.64. The number of fused-ring (bicyclic) bond motifs is 1. The van der Waals surface area contributed by atoms with Crippen LogP contribution in [-0.2, 0) is 0 Å². The number of thiophene rings is 2. The lowest BCUT2D eigenvalue weighted by molar-refractivity contribution is 0.684. The molecule has 0 aliphatic heterocycles. The van der Waals surface area contributed by atoms with E-state index in [-0.39, 0.29) is 5.92 Å². The zero-order chi connectivity index (χ0) is 18.7. The number of hydrogen-bond donors (Lipinski definition) is 0. The SMILES string of the molecule is CCN(CC)c1cc2sc(/C=C(\C#N)C3=CC=C(C#N)CC3C)cc2s1. The van der Waals surface area contributed by atoms with Crippen LogP contribution in [-0.4, -0.2) is 13.1 Å². The predicted molar refractivity (Wildman–Crippen MR) is 112 cm³/mol. The average Bonchev–Trinajstić information content (AvgIpc) is 3.19. The Labute approximate surface area is 162 Å². The summed E-state index contributed by atoms with van der Waals surface area (Å²) < 4.78 is 2.55. The van der Waals surface area contributed by atoms with Crippen molar-refractivity contribution in [3.63, 3.8) is 0 Å². The van der Waals surface area contributed by atoms with Gasteiger partial charge in [0, 0.05) is 32.9 Å². The summed E-state index contributed by atoms with van der Waals surface area (Å²) in [7, 11) is 0. The molecule has 5 heteroatoms. The lowest BCUT2D eigenvalue weighted by Crippen LogP contribution is -2.20.